The highest BCUT2D eigenvalue weighted by Gasteiger charge is 2.24. The van der Waals surface area contributed by atoms with Gasteiger partial charge in [0, 0.05) is 56.5 Å². The van der Waals surface area contributed by atoms with E-state index in [-0.39, 0.29) is 11.4 Å². The molecule has 0 aliphatic carbocycles. The summed E-state index contributed by atoms with van der Waals surface area (Å²) in [6.45, 7) is 0. The maximum absolute atomic E-state index is 12.7. The number of nitrogens with one attached hydrogen (secondary N) is 2. The molecule has 0 spiro atoms. The molecule has 65 heavy (non-hydrogen) atoms. The van der Waals surface area contributed by atoms with Crippen molar-refractivity contribution < 1.29 is 14.8 Å². The van der Waals surface area contributed by atoms with Crippen LogP contribution in [0.4, 0.5) is 5.69 Å². The van der Waals surface area contributed by atoms with E-state index in [2.05, 4.69) is 51.5 Å². The molecular formula is C54H35N7O4. The number of aromatic carboxylic acids is 1. The number of benzene rings is 5. The summed E-state index contributed by atoms with van der Waals surface area (Å²) in [5, 5.41) is 26.6. The topological polar surface area (TPSA) is 156 Å². The Balaban J connectivity index is 1.35. The first-order chi connectivity index (χ1) is 31.9. The Hall–Kier alpha value is -9.22. The van der Waals surface area contributed by atoms with Crippen LogP contribution in [0.2, 0.25) is 0 Å². The van der Waals surface area contributed by atoms with Crippen molar-refractivity contribution in [2.24, 2.45) is 0 Å². The van der Waals surface area contributed by atoms with Gasteiger partial charge < -0.3 is 15.1 Å². The monoisotopic (exact) mass is 845 g/mol. The minimum Gasteiger partial charge on any atom is -0.476 e. The molecule has 8 bridgehead atoms. The highest BCUT2D eigenvalue weighted by atomic mass is 16.6. The number of aromatic amines is 2. The first kappa shape index (κ1) is 38.7. The van der Waals surface area contributed by atoms with Crippen LogP contribution in [0, 0.1) is 10.1 Å². The summed E-state index contributed by atoms with van der Waals surface area (Å²) in [5.74, 6) is -1.23. The third-order valence-electron chi connectivity index (χ3n) is 11.6. The second kappa shape index (κ2) is 15.9. The number of nitrogens with zero attached hydrogens (tertiary/aromatic N) is 5. The van der Waals surface area contributed by atoms with Gasteiger partial charge in [-0.15, -0.1) is 0 Å². The van der Waals surface area contributed by atoms with Gasteiger partial charge in [-0.05, 0) is 83.0 Å². The maximum Gasteiger partial charge on any atom is 0.356 e. The molecule has 0 fully saturated rings. The van der Waals surface area contributed by atoms with E-state index < -0.39 is 10.9 Å². The van der Waals surface area contributed by atoms with Crippen molar-refractivity contribution in [3.63, 3.8) is 0 Å². The molecule has 3 N–H and O–H groups in total. The van der Waals surface area contributed by atoms with Crippen molar-refractivity contribution in [3.8, 4) is 61.5 Å². The fourth-order valence-electron chi connectivity index (χ4n) is 8.71. The Morgan fingerprint density at radius 1 is 0.523 bits per heavy atom. The minimum absolute atomic E-state index is 0.106. The van der Waals surface area contributed by atoms with Crippen molar-refractivity contribution in [3.05, 3.63) is 208 Å². The van der Waals surface area contributed by atoms with Crippen LogP contribution >= 0.6 is 0 Å². The van der Waals surface area contributed by atoms with Crippen molar-refractivity contribution >= 4 is 58.0 Å². The number of nitro benzene ring substituents is 1. The molecule has 0 radical (unpaired) electrons. The van der Waals surface area contributed by atoms with Gasteiger partial charge in [0.15, 0.2) is 5.69 Å². The van der Waals surface area contributed by atoms with Crippen LogP contribution < -0.4 is 0 Å². The highest BCUT2D eigenvalue weighted by Crippen LogP contribution is 2.42. The van der Waals surface area contributed by atoms with Crippen molar-refractivity contribution in [1.29, 1.82) is 0 Å². The number of rotatable bonds is 8. The van der Waals surface area contributed by atoms with Gasteiger partial charge in [0.1, 0.15) is 0 Å². The standard InChI is InChI=1S/C54H35N7O4/c62-54(63)47-32-48(60(59-47)37-21-23-38(24-22-37)61(64)65)39-31-46-51(35-17-9-3-10-18-35)44-28-27-42(56-44)49(33-13-5-1-6-14-33)40-25-26-41(55-40)50(34-15-7-2-8-16-34)43-29-30-45(57-43)52(53(39)58-46)36-19-11-4-12-20-36/h1-32,55,58H,(H,62,63). The maximum atomic E-state index is 12.7. The van der Waals surface area contributed by atoms with Gasteiger partial charge in [-0.2, -0.15) is 5.10 Å². The molecule has 0 saturated carbocycles. The molecule has 2 aliphatic rings. The molecule has 0 amide bonds. The molecule has 0 atom stereocenters. The van der Waals surface area contributed by atoms with Gasteiger partial charge in [0.25, 0.3) is 5.69 Å². The Labute approximate surface area is 371 Å². The molecule has 6 heterocycles. The van der Waals surface area contributed by atoms with Crippen LogP contribution in [-0.4, -0.2) is 45.7 Å². The quantitative estimate of drug-likeness (QED) is 0.102. The molecule has 2 aliphatic heterocycles. The van der Waals surface area contributed by atoms with Crippen LogP contribution in [0.1, 0.15) is 33.3 Å². The second-order valence-electron chi connectivity index (χ2n) is 15.6. The van der Waals surface area contributed by atoms with E-state index in [0.29, 0.717) is 39.4 Å². The van der Waals surface area contributed by atoms with Crippen molar-refractivity contribution in [2.45, 2.75) is 0 Å². The summed E-state index contributed by atoms with van der Waals surface area (Å²) in [6, 6.07) is 53.9. The molecule has 5 aromatic carbocycles. The van der Waals surface area contributed by atoms with Gasteiger partial charge in [-0.25, -0.2) is 19.4 Å². The lowest BCUT2D eigenvalue weighted by Gasteiger charge is -2.09. The number of non-ortho nitro benzene ring substituents is 1. The predicted molar refractivity (Wildman–Crippen MR) is 257 cm³/mol. The first-order valence-electron chi connectivity index (χ1n) is 20.9. The highest BCUT2D eigenvalue weighted by molar-refractivity contribution is 6.04. The Morgan fingerprint density at radius 2 is 0.954 bits per heavy atom. The van der Waals surface area contributed by atoms with Crippen LogP contribution in [-0.2, 0) is 0 Å². The van der Waals surface area contributed by atoms with Crippen LogP contribution in [0.15, 0.2) is 170 Å². The molecular weight excluding hydrogens is 811 g/mol. The fourth-order valence-corrected chi connectivity index (χ4v) is 8.71. The average Bonchev–Trinajstić information content (AvgIpc) is 4.21. The molecule has 0 unspecified atom stereocenters. The first-order valence-corrected chi connectivity index (χ1v) is 20.9. The summed E-state index contributed by atoms with van der Waals surface area (Å²) in [7, 11) is 0. The van der Waals surface area contributed by atoms with Gasteiger partial charge in [0.05, 0.1) is 44.6 Å². The number of hydrogen-bond donors (Lipinski definition) is 3. The number of carboxylic acids is 1. The number of nitro groups is 1. The Bertz CT molecular complexity index is 3570. The summed E-state index contributed by atoms with van der Waals surface area (Å²) >= 11 is 0. The van der Waals surface area contributed by atoms with Gasteiger partial charge in [-0.3, -0.25) is 10.1 Å². The number of hydrogen-bond acceptors (Lipinski definition) is 6. The van der Waals surface area contributed by atoms with Crippen LogP contribution in [0.5, 0.6) is 0 Å². The van der Waals surface area contributed by atoms with E-state index in [0.717, 1.165) is 66.9 Å². The molecule has 0 saturated heterocycles. The number of carbonyl (C=O) groups is 1. The van der Waals surface area contributed by atoms with E-state index in [1.54, 1.807) is 12.1 Å². The average molecular weight is 846 g/mol. The third kappa shape index (κ3) is 6.99. The smallest absolute Gasteiger partial charge is 0.356 e. The SMILES string of the molecule is O=C(O)c1cc(-c2cc3[nH]c2c(-c2ccccc2)c2nc(c(-c4ccccc4)c4ccc([nH]4)c(-c4ccccc4)c4nc(c3-c3ccccc3)C=C4)C=C2)n(-c2ccc([N+](=O)[O-])cc2)n1. The lowest BCUT2D eigenvalue weighted by atomic mass is 10.0. The number of carboxylic acid groups (broad SMARTS) is 1. The zero-order valence-electron chi connectivity index (χ0n) is 34.4. The predicted octanol–water partition coefficient (Wildman–Crippen LogP) is 12.8. The lowest BCUT2D eigenvalue weighted by Crippen LogP contribution is -2.02. The van der Waals surface area contributed by atoms with E-state index in [1.807, 2.05) is 127 Å². The largest absolute Gasteiger partial charge is 0.476 e. The summed E-state index contributed by atoms with van der Waals surface area (Å²) in [6.07, 6.45) is 8.11. The minimum atomic E-state index is -1.23. The van der Waals surface area contributed by atoms with Gasteiger partial charge in [-0.1, -0.05) is 121 Å². The van der Waals surface area contributed by atoms with Crippen molar-refractivity contribution in [1.82, 2.24) is 29.7 Å². The van der Waals surface area contributed by atoms with Crippen LogP contribution in [0.3, 0.4) is 0 Å². The Morgan fingerprint density at radius 3 is 1.40 bits per heavy atom. The zero-order valence-corrected chi connectivity index (χ0v) is 34.4. The van der Waals surface area contributed by atoms with Crippen LogP contribution in [0.25, 0.3) is 108 Å². The number of aromatic nitrogens is 6. The molecule has 11 rings (SSSR count). The second-order valence-corrected chi connectivity index (χ2v) is 15.6. The fraction of sp³-hybridized carbons (Fsp3) is 0. The summed E-state index contributed by atoms with van der Waals surface area (Å²) in [4.78, 5) is 42.4. The third-order valence-corrected chi connectivity index (χ3v) is 11.6. The number of fused-ring (bicyclic) bond motifs is 8. The summed E-state index contributed by atoms with van der Waals surface area (Å²) in [5.41, 5.74) is 14.3. The van der Waals surface area contributed by atoms with Crippen molar-refractivity contribution in [2.75, 3.05) is 0 Å². The normalized spacial score (nSPS) is 11.8. The Kier molecular flexibility index (Phi) is 9.47. The van der Waals surface area contributed by atoms with Gasteiger partial charge >= 0.3 is 5.97 Å². The molecule has 9 aromatic rings. The zero-order chi connectivity index (χ0) is 44.0. The van der Waals surface area contributed by atoms with E-state index in [9.17, 15) is 20.0 Å². The van der Waals surface area contributed by atoms with E-state index in [4.69, 9.17) is 9.97 Å². The number of H-pyrrole nitrogens is 2. The molecule has 11 heteroatoms. The lowest BCUT2D eigenvalue weighted by molar-refractivity contribution is -0.384. The van der Waals surface area contributed by atoms with Gasteiger partial charge in [0.2, 0.25) is 0 Å². The van der Waals surface area contributed by atoms with E-state index >= 15 is 0 Å². The van der Waals surface area contributed by atoms with E-state index in [1.165, 1.54) is 22.9 Å². The molecule has 4 aromatic heterocycles. The molecule has 11 nitrogen and oxygen atoms in total. The molecule has 310 valence electrons. The summed E-state index contributed by atoms with van der Waals surface area (Å²) < 4.78 is 1.52.